The van der Waals surface area contributed by atoms with E-state index in [1.807, 2.05) is 0 Å². The molecule has 1 N–H and O–H groups in total. The highest BCUT2D eigenvalue weighted by Crippen LogP contribution is 2.28. The molecule has 0 unspecified atom stereocenters. The van der Waals surface area contributed by atoms with Crippen molar-refractivity contribution >= 4 is 35.1 Å². The van der Waals surface area contributed by atoms with Gasteiger partial charge in [0.25, 0.3) is 5.91 Å². The summed E-state index contributed by atoms with van der Waals surface area (Å²) in [6.45, 7) is 3.08. The van der Waals surface area contributed by atoms with Crippen LogP contribution in [0.3, 0.4) is 0 Å². The zero-order chi connectivity index (χ0) is 17.7. The molecule has 1 amide bonds. The SMILES string of the molecule is C[C@H](Oc1ccc(Cl)cc1Cl)C(=O)O[C@H](C)C(=O)NC1CCCC1. The number of esters is 1. The van der Waals surface area contributed by atoms with E-state index < -0.39 is 18.2 Å². The van der Waals surface area contributed by atoms with Crippen LogP contribution in [0.2, 0.25) is 10.0 Å². The fraction of sp³-hybridized carbons (Fsp3) is 0.529. The van der Waals surface area contributed by atoms with E-state index in [2.05, 4.69) is 5.32 Å². The summed E-state index contributed by atoms with van der Waals surface area (Å²) in [4.78, 5) is 24.1. The van der Waals surface area contributed by atoms with E-state index in [0.29, 0.717) is 15.8 Å². The molecule has 1 aliphatic carbocycles. The molecular formula is C17H21Cl2NO4. The van der Waals surface area contributed by atoms with E-state index in [1.54, 1.807) is 19.1 Å². The summed E-state index contributed by atoms with van der Waals surface area (Å²) in [6, 6.07) is 4.89. The van der Waals surface area contributed by atoms with Crippen molar-refractivity contribution in [2.45, 2.75) is 57.8 Å². The van der Waals surface area contributed by atoms with Gasteiger partial charge in [0.15, 0.2) is 12.2 Å². The van der Waals surface area contributed by atoms with Gasteiger partial charge in [-0.15, -0.1) is 0 Å². The number of halogens is 2. The Morgan fingerprint density at radius 3 is 2.46 bits per heavy atom. The first-order chi connectivity index (χ1) is 11.4. The largest absolute Gasteiger partial charge is 0.477 e. The Bertz CT molecular complexity index is 602. The minimum Gasteiger partial charge on any atom is -0.477 e. The Kier molecular flexibility index (Phi) is 6.75. The van der Waals surface area contributed by atoms with Gasteiger partial charge in [0.1, 0.15) is 5.75 Å². The molecule has 1 aromatic rings. The van der Waals surface area contributed by atoms with Crippen LogP contribution in [-0.2, 0) is 14.3 Å². The Morgan fingerprint density at radius 2 is 1.83 bits per heavy atom. The zero-order valence-electron chi connectivity index (χ0n) is 13.7. The van der Waals surface area contributed by atoms with Gasteiger partial charge in [-0.3, -0.25) is 4.79 Å². The summed E-state index contributed by atoms with van der Waals surface area (Å²) in [7, 11) is 0. The van der Waals surface area contributed by atoms with Crippen LogP contribution < -0.4 is 10.1 Å². The van der Waals surface area contributed by atoms with E-state index in [-0.39, 0.29) is 11.9 Å². The molecule has 24 heavy (non-hydrogen) atoms. The minimum absolute atomic E-state index is 0.181. The van der Waals surface area contributed by atoms with Gasteiger partial charge in [0, 0.05) is 11.1 Å². The summed E-state index contributed by atoms with van der Waals surface area (Å²) in [5.74, 6) is -0.587. The molecule has 0 radical (unpaired) electrons. The zero-order valence-corrected chi connectivity index (χ0v) is 15.2. The lowest BCUT2D eigenvalue weighted by atomic mass is 10.2. The second-order valence-electron chi connectivity index (χ2n) is 5.90. The molecule has 0 spiro atoms. The maximum atomic E-state index is 12.1. The van der Waals surface area contributed by atoms with E-state index in [4.69, 9.17) is 32.7 Å². The third kappa shape index (κ3) is 5.28. The van der Waals surface area contributed by atoms with E-state index in [1.165, 1.54) is 13.0 Å². The quantitative estimate of drug-likeness (QED) is 0.771. The number of hydrogen-bond donors (Lipinski definition) is 1. The summed E-state index contributed by atoms with van der Waals surface area (Å²) >= 11 is 11.8. The number of ether oxygens (including phenoxy) is 2. The second kappa shape index (κ2) is 8.58. The highest BCUT2D eigenvalue weighted by molar-refractivity contribution is 6.35. The molecule has 2 rings (SSSR count). The van der Waals surface area contributed by atoms with Crippen LogP contribution in [0, 0.1) is 0 Å². The third-order valence-corrected chi connectivity index (χ3v) is 4.42. The maximum Gasteiger partial charge on any atom is 0.347 e. The van der Waals surface area contributed by atoms with Crippen molar-refractivity contribution in [1.29, 1.82) is 0 Å². The first-order valence-corrected chi connectivity index (χ1v) is 8.75. The van der Waals surface area contributed by atoms with Gasteiger partial charge < -0.3 is 14.8 Å². The molecule has 0 heterocycles. The van der Waals surface area contributed by atoms with Crippen molar-refractivity contribution < 1.29 is 19.1 Å². The van der Waals surface area contributed by atoms with E-state index in [0.717, 1.165) is 25.7 Å². The fourth-order valence-corrected chi connectivity index (χ4v) is 2.97. The van der Waals surface area contributed by atoms with Crippen molar-refractivity contribution in [3.05, 3.63) is 28.2 Å². The molecule has 0 bridgehead atoms. The molecule has 2 atom stereocenters. The van der Waals surface area contributed by atoms with E-state index >= 15 is 0 Å². The normalized spacial score (nSPS) is 17.2. The third-order valence-electron chi connectivity index (χ3n) is 3.89. The molecule has 7 heteroatoms. The highest BCUT2D eigenvalue weighted by Gasteiger charge is 2.26. The Morgan fingerprint density at radius 1 is 1.17 bits per heavy atom. The topological polar surface area (TPSA) is 64.6 Å². The lowest BCUT2D eigenvalue weighted by molar-refractivity contribution is -0.161. The molecule has 1 fully saturated rings. The average Bonchev–Trinajstić information content (AvgIpc) is 3.02. The number of nitrogens with one attached hydrogen (secondary N) is 1. The van der Waals surface area contributed by atoms with Crippen LogP contribution in [0.25, 0.3) is 0 Å². The van der Waals surface area contributed by atoms with Gasteiger partial charge in [0.2, 0.25) is 0 Å². The van der Waals surface area contributed by atoms with Gasteiger partial charge >= 0.3 is 5.97 Å². The summed E-state index contributed by atoms with van der Waals surface area (Å²) in [5.41, 5.74) is 0. The fourth-order valence-electron chi connectivity index (χ4n) is 2.52. The van der Waals surface area contributed by atoms with Crippen molar-refractivity contribution in [1.82, 2.24) is 5.32 Å². The van der Waals surface area contributed by atoms with Crippen LogP contribution in [0.5, 0.6) is 5.75 Å². The van der Waals surface area contributed by atoms with Crippen LogP contribution in [0.4, 0.5) is 0 Å². The Labute approximate surface area is 151 Å². The standard InChI is InChI=1S/C17H21Cl2NO4/c1-10(16(21)20-13-5-3-4-6-13)24-17(22)11(2)23-15-8-7-12(18)9-14(15)19/h7-11,13H,3-6H2,1-2H3,(H,20,21)/t10-,11+/m1/s1. The molecule has 0 aliphatic heterocycles. The van der Waals surface area contributed by atoms with Crippen molar-refractivity contribution in [3.8, 4) is 5.75 Å². The van der Waals surface area contributed by atoms with Crippen molar-refractivity contribution in [3.63, 3.8) is 0 Å². The predicted octanol–water partition coefficient (Wildman–Crippen LogP) is 3.75. The molecule has 1 aliphatic rings. The number of benzene rings is 1. The monoisotopic (exact) mass is 373 g/mol. The second-order valence-corrected chi connectivity index (χ2v) is 6.75. The van der Waals surface area contributed by atoms with Crippen LogP contribution in [0.15, 0.2) is 18.2 Å². The van der Waals surface area contributed by atoms with Crippen LogP contribution >= 0.6 is 23.2 Å². The predicted molar refractivity (Wildman–Crippen MR) is 92.5 cm³/mol. The molecule has 1 saturated carbocycles. The van der Waals surface area contributed by atoms with Gasteiger partial charge in [-0.1, -0.05) is 36.0 Å². The van der Waals surface area contributed by atoms with E-state index in [9.17, 15) is 9.59 Å². The maximum absolute atomic E-state index is 12.1. The first kappa shape index (κ1) is 18.9. The molecule has 5 nitrogen and oxygen atoms in total. The number of hydrogen-bond acceptors (Lipinski definition) is 4. The Balaban J connectivity index is 1.84. The van der Waals surface area contributed by atoms with Gasteiger partial charge in [-0.25, -0.2) is 4.79 Å². The number of carbonyl (C=O) groups excluding carboxylic acids is 2. The number of rotatable bonds is 6. The molecule has 0 aromatic heterocycles. The molecule has 1 aromatic carbocycles. The summed E-state index contributed by atoms with van der Waals surface area (Å²) in [6.07, 6.45) is 2.41. The lowest BCUT2D eigenvalue weighted by Crippen LogP contribution is -2.42. The van der Waals surface area contributed by atoms with Gasteiger partial charge in [0.05, 0.1) is 5.02 Å². The summed E-state index contributed by atoms with van der Waals surface area (Å²) < 4.78 is 10.7. The molecular weight excluding hydrogens is 353 g/mol. The highest BCUT2D eigenvalue weighted by atomic mass is 35.5. The molecule has 132 valence electrons. The van der Waals surface area contributed by atoms with Crippen LogP contribution in [-0.4, -0.2) is 30.1 Å². The Hall–Kier alpha value is -1.46. The molecule has 0 saturated heterocycles. The number of carbonyl (C=O) groups is 2. The number of amides is 1. The van der Waals surface area contributed by atoms with Crippen LogP contribution in [0.1, 0.15) is 39.5 Å². The smallest absolute Gasteiger partial charge is 0.347 e. The minimum atomic E-state index is -0.898. The average molecular weight is 374 g/mol. The van der Waals surface area contributed by atoms with Crippen molar-refractivity contribution in [2.24, 2.45) is 0 Å². The first-order valence-electron chi connectivity index (χ1n) is 7.99. The van der Waals surface area contributed by atoms with Crippen molar-refractivity contribution in [2.75, 3.05) is 0 Å². The van der Waals surface area contributed by atoms with Gasteiger partial charge in [-0.05, 0) is 44.9 Å². The lowest BCUT2D eigenvalue weighted by Gasteiger charge is -2.20. The summed E-state index contributed by atoms with van der Waals surface area (Å²) in [5, 5.41) is 3.67. The van der Waals surface area contributed by atoms with Gasteiger partial charge in [-0.2, -0.15) is 0 Å².